The highest BCUT2D eigenvalue weighted by atomic mass is 19.4. The molecule has 1 unspecified atom stereocenters. The summed E-state index contributed by atoms with van der Waals surface area (Å²) in [6, 6.07) is 10.4. The molecule has 2 heterocycles. The van der Waals surface area contributed by atoms with Crippen LogP contribution >= 0.6 is 0 Å². The van der Waals surface area contributed by atoms with Crippen molar-refractivity contribution >= 4 is 28.5 Å². The Hall–Kier alpha value is -3.23. The molecule has 9 heteroatoms. The molecular formula is C19H17F3N4O2. The molecule has 0 aliphatic carbocycles. The average molecular weight is 390 g/mol. The maximum Gasteiger partial charge on any atom is 0.573 e. The van der Waals surface area contributed by atoms with Gasteiger partial charge in [-0.1, -0.05) is 0 Å². The Morgan fingerprint density at radius 3 is 2.68 bits per heavy atom. The third-order valence-corrected chi connectivity index (χ3v) is 4.72. The number of alkyl halides is 3. The van der Waals surface area contributed by atoms with Crippen molar-refractivity contribution in [2.45, 2.75) is 12.8 Å². The van der Waals surface area contributed by atoms with Gasteiger partial charge in [-0.25, -0.2) is 4.98 Å². The van der Waals surface area contributed by atoms with Crippen LogP contribution in [-0.2, 0) is 0 Å². The van der Waals surface area contributed by atoms with Gasteiger partial charge >= 0.3 is 6.36 Å². The summed E-state index contributed by atoms with van der Waals surface area (Å²) in [5.74, 6) is -0.0439. The van der Waals surface area contributed by atoms with Crippen molar-refractivity contribution in [3.8, 4) is 5.75 Å². The van der Waals surface area contributed by atoms with Crippen LogP contribution in [0.25, 0.3) is 11.0 Å². The Morgan fingerprint density at radius 1 is 1.21 bits per heavy atom. The lowest BCUT2D eigenvalue weighted by Crippen LogP contribution is -2.24. The zero-order chi connectivity index (χ0) is 19.9. The highest BCUT2D eigenvalue weighted by Crippen LogP contribution is 2.28. The number of H-pyrrole nitrogens is 1. The SMILES string of the molecule is Nc1ccc2nc(N3CCC(C(=O)c4ccc(OC(F)(F)F)cc4)C3)[nH]c2c1. The first-order valence-corrected chi connectivity index (χ1v) is 8.69. The van der Waals surface area contributed by atoms with E-state index in [0.29, 0.717) is 36.7 Å². The smallest absolute Gasteiger partial charge is 0.406 e. The number of hydrogen-bond donors (Lipinski definition) is 2. The lowest BCUT2D eigenvalue weighted by molar-refractivity contribution is -0.274. The molecule has 1 atom stereocenters. The summed E-state index contributed by atoms with van der Waals surface area (Å²) in [4.78, 5) is 22.4. The van der Waals surface area contributed by atoms with E-state index in [-0.39, 0.29) is 17.5 Å². The first-order valence-electron chi connectivity index (χ1n) is 8.69. The molecule has 0 spiro atoms. The molecule has 1 saturated heterocycles. The Kier molecular flexibility index (Phi) is 4.37. The molecule has 1 fully saturated rings. The van der Waals surface area contributed by atoms with Gasteiger partial charge in [-0.2, -0.15) is 0 Å². The zero-order valence-electron chi connectivity index (χ0n) is 14.7. The van der Waals surface area contributed by atoms with Crippen LogP contribution in [0.3, 0.4) is 0 Å². The standard InChI is InChI=1S/C19H17F3N4O2/c20-19(21,22)28-14-4-1-11(2-5-14)17(27)12-7-8-26(10-12)18-24-15-6-3-13(23)9-16(15)25-18/h1-6,9,12H,7-8,10,23H2,(H,24,25). The Balaban J connectivity index is 1.45. The predicted molar refractivity (Wildman–Crippen MR) is 98.3 cm³/mol. The largest absolute Gasteiger partial charge is 0.573 e. The summed E-state index contributed by atoms with van der Waals surface area (Å²) in [5, 5.41) is 0. The number of nitrogens with two attached hydrogens (primary N) is 1. The Morgan fingerprint density at radius 2 is 1.96 bits per heavy atom. The molecule has 146 valence electrons. The number of carbonyl (C=O) groups is 1. The highest BCUT2D eigenvalue weighted by Gasteiger charge is 2.32. The number of Topliss-reactive ketones (excluding diaryl/α,β-unsaturated/α-hetero) is 1. The molecule has 3 N–H and O–H groups in total. The number of anilines is 2. The van der Waals surface area contributed by atoms with Gasteiger partial charge in [0.1, 0.15) is 5.75 Å². The van der Waals surface area contributed by atoms with E-state index in [1.165, 1.54) is 12.1 Å². The Labute approximate surface area is 158 Å². The van der Waals surface area contributed by atoms with Crippen molar-refractivity contribution in [2.24, 2.45) is 5.92 Å². The first-order chi connectivity index (χ1) is 13.3. The summed E-state index contributed by atoms with van der Waals surface area (Å²) in [5.41, 5.74) is 8.39. The van der Waals surface area contributed by atoms with Crippen molar-refractivity contribution in [1.82, 2.24) is 9.97 Å². The van der Waals surface area contributed by atoms with Crippen LogP contribution in [0.4, 0.5) is 24.8 Å². The van der Waals surface area contributed by atoms with E-state index in [4.69, 9.17) is 5.73 Å². The van der Waals surface area contributed by atoms with Crippen LogP contribution in [-0.4, -0.2) is 35.2 Å². The molecule has 4 rings (SSSR count). The number of aromatic amines is 1. The molecule has 0 saturated carbocycles. The lowest BCUT2D eigenvalue weighted by atomic mass is 9.97. The minimum Gasteiger partial charge on any atom is -0.406 e. The molecule has 1 aromatic heterocycles. The van der Waals surface area contributed by atoms with E-state index in [1.807, 2.05) is 11.0 Å². The second-order valence-electron chi connectivity index (χ2n) is 6.71. The van der Waals surface area contributed by atoms with Crippen molar-refractivity contribution in [3.05, 3.63) is 48.0 Å². The van der Waals surface area contributed by atoms with Gasteiger partial charge in [-0.3, -0.25) is 4.79 Å². The van der Waals surface area contributed by atoms with Crippen molar-refractivity contribution in [1.29, 1.82) is 0 Å². The number of ether oxygens (including phenoxy) is 1. The number of imidazole rings is 1. The topological polar surface area (TPSA) is 84.2 Å². The molecule has 3 aromatic rings. The van der Waals surface area contributed by atoms with Crippen LogP contribution in [0.2, 0.25) is 0 Å². The lowest BCUT2D eigenvalue weighted by Gasteiger charge is -2.15. The van der Waals surface area contributed by atoms with E-state index < -0.39 is 6.36 Å². The minimum atomic E-state index is -4.76. The van der Waals surface area contributed by atoms with E-state index in [1.54, 1.807) is 12.1 Å². The number of ketones is 1. The summed E-state index contributed by atoms with van der Waals surface area (Å²) in [7, 11) is 0. The number of carbonyl (C=O) groups excluding carboxylic acids is 1. The van der Waals surface area contributed by atoms with Crippen molar-refractivity contribution in [3.63, 3.8) is 0 Å². The third-order valence-electron chi connectivity index (χ3n) is 4.72. The predicted octanol–water partition coefficient (Wildman–Crippen LogP) is 3.75. The van der Waals surface area contributed by atoms with Gasteiger partial charge in [0.15, 0.2) is 5.78 Å². The van der Waals surface area contributed by atoms with E-state index in [0.717, 1.165) is 23.2 Å². The van der Waals surface area contributed by atoms with Gasteiger partial charge in [0.2, 0.25) is 5.95 Å². The van der Waals surface area contributed by atoms with Gasteiger partial charge in [0, 0.05) is 30.3 Å². The van der Waals surface area contributed by atoms with Gasteiger partial charge in [-0.05, 0) is 48.9 Å². The number of nitrogens with one attached hydrogen (secondary N) is 1. The van der Waals surface area contributed by atoms with Crippen LogP contribution in [0.5, 0.6) is 5.75 Å². The molecule has 6 nitrogen and oxygen atoms in total. The van der Waals surface area contributed by atoms with Gasteiger partial charge in [0.05, 0.1) is 11.0 Å². The zero-order valence-corrected chi connectivity index (χ0v) is 14.7. The number of hydrogen-bond acceptors (Lipinski definition) is 5. The molecule has 0 amide bonds. The molecule has 0 radical (unpaired) electrons. The molecule has 1 aliphatic heterocycles. The maximum atomic E-state index is 12.7. The minimum absolute atomic E-state index is 0.110. The summed E-state index contributed by atoms with van der Waals surface area (Å²) in [6.45, 7) is 1.13. The molecule has 0 bridgehead atoms. The second kappa shape index (κ2) is 6.74. The van der Waals surface area contributed by atoms with E-state index >= 15 is 0 Å². The number of nitrogens with zero attached hydrogens (tertiary/aromatic N) is 2. The fraction of sp³-hybridized carbons (Fsp3) is 0.263. The van der Waals surface area contributed by atoms with Crippen LogP contribution < -0.4 is 15.4 Å². The Bertz CT molecular complexity index is 1010. The third kappa shape index (κ3) is 3.73. The van der Waals surface area contributed by atoms with Crippen LogP contribution in [0.1, 0.15) is 16.8 Å². The maximum absolute atomic E-state index is 12.7. The number of rotatable bonds is 4. The summed E-state index contributed by atoms with van der Waals surface area (Å²) >= 11 is 0. The van der Waals surface area contributed by atoms with E-state index in [9.17, 15) is 18.0 Å². The average Bonchev–Trinajstić information content (AvgIpc) is 3.27. The highest BCUT2D eigenvalue weighted by molar-refractivity contribution is 5.98. The fourth-order valence-electron chi connectivity index (χ4n) is 3.39. The monoisotopic (exact) mass is 390 g/mol. The second-order valence-corrected chi connectivity index (χ2v) is 6.71. The van der Waals surface area contributed by atoms with E-state index in [2.05, 4.69) is 14.7 Å². The van der Waals surface area contributed by atoms with Gasteiger partial charge in [-0.15, -0.1) is 13.2 Å². The molecule has 2 aromatic carbocycles. The summed E-state index contributed by atoms with van der Waals surface area (Å²) < 4.78 is 40.5. The van der Waals surface area contributed by atoms with Crippen LogP contribution in [0, 0.1) is 5.92 Å². The molecule has 28 heavy (non-hydrogen) atoms. The number of aromatic nitrogens is 2. The van der Waals surface area contributed by atoms with Gasteiger partial charge in [0.25, 0.3) is 0 Å². The molecule has 1 aliphatic rings. The molecular weight excluding hydrogens is 373 g/mol. The number of halogens is 3. The van der Waals surface area contributed by atoms with Gasteiger partial charge < -0.3 is 20.4 Å². The summed E-state index contributed by atoms with van der Waals surface area (Å²) in [6.07, 6.45) is -4.12. The fourth-order valence-corrected chi connectivity index (χ4v) is 3.39. The van der Waals surface area contributed by atoms with Crippen molar-refractivity contribution in [2.75, 3.05) is 23.7 Å². The van der Waals surface area contributed by atoms with Crippen LogP contribution in [0.15, 0.2) is 42.5 Å². The normalized spacial score (nSPS) is 17.2. The number of nitrogen functional groups attached to an aromatic ring is 1. The quantitative estimate of drug-likeness (QED) is 0.524. The van der Waals surface area contributed by atoms with Crippen molar-refractivity contribution < 1.29 is 22.7 Å². The number of fused-ring (bicyclic) bond motifs is 1. The number of benzene rings is 2. The first kappa shape index (κ1) is 18.1.